The molecule has 4 nitrogen and oxygen atoms in total. The number of rotatable bonds is 5. The quantitative estimate of drug-likeness (QED) is 0.755. The van der Waals surface area contributed by atoms with Crippen LogP contribution >= 0.6 is 11.6 Å². The highest BCUT2D eigenvalue weighted by atomic mass is 35.5. The summed E-state index contributed by atoms with van der Waals surface area (Å²) in [6.45, 7) is 5.68. The third kappa shape index (κ3) is 2.69. The maximum atomic E-state index is 5.92. The summed E-state index contributed by atoms with van der Waals surface area (Å²) in [4.78, 5) is 0. The fourth-order valence-electron chi connectivity index (χ4n) is 1.40. The van der Waals surface area contributed by atoms with Crippen LogP contribution in [-0.4, -0.2) is 28.5 Å². The standard InChI is InChI=1S/C9H16ClN3O/c1-4-8-11-12-9(10)13(8)5-7(2)6-14-3/h7H,4-6H2,1-3H3. The Balaban J connectivity index is 2.68. The fraction of sp³-hybridized carbons (Fsp3) is 0.778. The molecular formula is C9H16ClN3O. The van der Waals surface area contributed by atoms with Gasteiger partial charge in [0.15, 0.2) is 0 Å². The van der Waals surface area contributed by atoms with Crippen molar-refractivity contribution in [2.75, 3.05) is 13.7 Å². The first-order valence-electron chi connectivity index (χ1n) is 4.75. The van der Waals surface area contributed by atoms with Crippen LogP contribution in [0.15, 0.2) is 0 Å². The van der Waals surface area contributed by atoms with E-state index in [1.807, 2.05) is 11.5 Å². The number of methoxy groups -OCH3 is 1. The maximum absolute atomic E-state index is 5.92. The van der Waals surface area contributed by atoms with Gasteiger partial charge in [-0.05, 0) is 17.5 Å². The Hall–Kier alpha value is -0.610. The molecule has 0 radical (unpaired) electrons. The number of halogens is 1. The molecule has 0 spiro atoms. The van der Waals surface area contributed by atoms with Crippen molar-refractivity contribution in [1.82, 2.24) is 14.8 Å². The van der Waals surface area contributed by atoms with Crippen molar-refractivity contribution in [3.63, 3.8) is 0 Å². The number of ether oxygens (including phenoxy) is 1. The van der Waals surface area contributed by atoms with E-state index in [4.69, 9.17) is 16.3 Å². The summed E-state index contributed by atoms with van der Waals surface area (Å²) < 4.78 is 7.00. The molecule has 1 heterocycles. The van der Waals surface area contributed by atoms with Crippen molar-refractivity contribution in [3.05, 3.63) is 11.1 Å². The topological polar surface area (TPSA) is 39.9 Å². The van der Waals surface area contributed by atoms with Gasteiger partial charge in [0.25, 0.3) is 0 Å². The Bertz CT molecular complexity index is 288. The first kappa shape index (κ1) is 11.5. The van der Waals surface area contributed by atoms with Crippen LogP contribution in [0.25, 0.3) is 0 Å². The van der Waals surface area contributed by atoms with Gasteiger partial charge in [0, 0.05) is 20.1 Å². The number of aryl methyl sites for hydroxylation is 1. The fourth-order valence-corrected chi connectivity index (χ4v) is 1.61. The molecule has 0 saturated heterocycles. The second-order valence-electron chi connectivity index (χ2n) is 3.41. The van der Waals surface area contributed by atoms with Crippen molar-refractivity contribution in [1.29, 1.82) is 0 Å². The molecule has 0 aliphatic heterocycles. The third-order valence-corrected chi connectivity index (χ3v) is 2.32. The molecule has 0 N–H and O–H groups in total. The minimum absolute atomic E-state index is 0.416. The first-order chi connectivity index (χ1) is 6.69. The van der Waals surface area contributed by atoms with Crippen molar-refractivity contribution < 1.29 is 4.74 Å². The second-order valence-corrected chi connectivity index (χ2v) is 3.75. The summed E-state index contributed by atoms with van der Waals surface area (Å²) in [7, 11) is 1.70. The lowest BCUT2D eigenvalue weighted by Crippen LogP contribution is -2.14. The zero-order chi connectivity index (χ0) is 10.6. The zero-order valence-corrected chi connectivity index (χ0v) is 9.58. The van der Waals surface area contributed by atoms with Gasteiger partial charge in [-0.25, -0.2) is 0 Å². The molecule has 1 aromatic rings. The van der Waals surface area contributed by atoms with E-state index in [1.54, 1.807) is 7.11 Å². The van der Waals surface area contributed by atoms with Crippen molar-refractivity contribution in [2.24, 2.45) is 5.92 Å². The maximum Gasteiger partial charge on any atom is 0.225 e. The second kappa shape index (κ2) is 5.32. The minimum atomic E-state index is 0.416. The Morgan fingerprint density at radius 3 is 2.79 bits per heavy atom. The van der Waals surface area contributed by atoms with E-state index >= 15 is 0 Å². The average Bonchev–Trinajstić information content (AvgIpc) is 2.48. The average molecular weight is 218 g/mol. The highest BCUT2D eigenvalue weighted by molar-refractivity contribution is 6.28. The Morgan fingerprint density at radius 1 is 1.50 bits per heavy atom. The predicted molar refractivity (Wildman–Crippen MR) is 55.5 cm³/mol. The summed E-state index contributed by atoms with van der Waals surface area (Å²) in [6.07, 6.45) is 0.847. The van der Waals surface area contributed by atoms with E-state index < -0.39 is 0 Å². The number of hydrogen-bond donors (Lipinski definition) is 0. The molecule has 0 aliphatic rings. The number of hydrogen-bond acceptors (Lipinski definition) is 3. The molecule has 1 rings (SSSR count). The predicted octanol–water partition coefficient (Wildman–Crippen LogP) is 1.78. The summed E-state index contributed by atoms with van der Waals surface area (Å²) in [5.41, 5.74) is 0. The first-order valence-corrected chi connectivity index (χ1v) is 5.13. The highest BCUT2D eigenvalue weighted by Gasteiger charge is 2.11. The molecule has 0 saturated carbocycles. The van der Waals surface area contributed by atoms with Crippen LogP contribution in [0.5, 0.6) is 0 Å². The third-order valence-electron chi connectivity index (χ3n) is 2.04. The molecule has 0 aromatic carbocycles. The lowest BCUT2D eigenvalue weighted by Gasteiger charge is -2.12. The molecule has 1 unspecified atom stereocenters. The van der Waals surface area contributed by atoms with Crippen LogP contribution in [0.2, 0.25) is 5.28 Å². The van der Waals surface area contributed by atoms with Crippen LogP contribution in [0.1, 0.15) is 19.7 Å². The van der Waals surface area contributed by atoms with Gasteiger partial charge in [-0.2, -0.15) is 0 Å². The summed E-state index contributed by atoms with van der Waals surface area (Å²) >= 11 is 5.92. The van der Waals surface area contributed by atoms with Gasteiger partial charge >= 0.3 is 0 Å². The molecule has 14 heavy (non-hydrogen) atoms. The number of aromatic nitrogens is 3. The van der Waals surface area contributed by atoms with Gasteiger partial charge in [0.05, 0.1) is 6.61 Å². The van der Waals surface area contributed by atoms with Gasteiger partial charge in [-0.1, -0.05) is 13.8 Å². The van der Waals surface area contributed by atoms with E-state index in [1.165, 1.54) is 0 Å². The monoisotopic (exact) mass is 217 g/mol. The van der Waals surface area contributed by atoms with E-state index in [9.17, 15) is 0 Å². The molecule has 80 valence electrons. The van der Waals surface area contributed by atoms with Crippen LogP contribution in [-0.2, 0) is 17.7 Å². The van der Waals surface area contributed by atoms with E-state index in [0.29, 0.717) is 11.2 Å². The molecule has 5 heteroatoms. The highest BCUT2D eigenvalue weighted by Crippen LogP contribution is 2.12. The zero-order valence-electron chi connectivity index (χ0n) is 8.83. The Morgan fingerprint density at radius 2 is 2.21 bits per heavy atom. The van der Waals surface area contributed by atoms with Gasteiger partial charge < -0.3 is 9.30 Å². The van der Waals surface area contributed by atoms with E-state index in [0.717, 1.165) is 25.4 Å². The Labute approximate surface area is 89.2 Å². The molecule has 1 atom stereocenters. The van der Waals surface area contributed by atoms with Crippen molar-refractivity contribution in [2.45, 2.75) is 26.8 Å². The van der Waals surface area contributed by atoms with Crippen LogP contribution in [0.4, 0.5) is 0 Å². The number of nitrogens with zero attached hydrogens (tertiary/aromatic N) is 3. The molecule has 0 amide bonds. The lowest BCUT2D eigenvalue weighted by molar-refractivity contribution is 0.151. The molecule has 1 aromatic heterocycles. The van der Waals surface area contributed by atoms with E-state index in [2.05, 4.69) is 17.1 Å². The summed E-state index contributed by atoms with van der Waals surface area (Å²) in [5.74, 6) is 1.34. The van der Waals surface area contributed by atoms with Gasteiger partial charge in [0.2, 0.25) is 5.28 Å². The smallest absolute Gasteiger partial charge is 0.225 e. The minimum Gasteiger partial charge on any atom is -0.384 e. The normalized spacial score (nSPS) is 13.1. The van der Waals surface area contributed by atoms with Gasteiger partial charge in [-0.3, -0.25) is 0 Å². The molecule has 0 fully saturated rings. The lowest BCUT2D eigenvalue weighted by atomic mass is 10.2. The van der Waals surface area contributed by atoms with Crippen LogP contribution < -0.4 is 0 Å². The summed E-state index contributed by atoms with van der Waals surface area (Å²) in [5, 5.41) is 8.29. The largest absolute Gasteiger partial charge is 0.384 e. The molecular weight excluding hydrogens is 202 g/mol. The Kier molecular flexibility index (Phi) is 4.35. The molecule has 0 bridgehead atoms. The van der Waals surface area contributed by atoms with Crippen LogP contribution in [0.3, 0.4) is 0 Å². The van der Waals surface area contributed by atoms with Crippen molar-refractivity contribution >= 4 is 11.6 Å². The van der Waals surface area contributed by atoms with E-state index in [-0.39, 0.29) is 0 Å². The SMILES string of the molecule is CCc1nnc(Cl)n1CC(C)COC. The van der Waals surface area contributed by atoms with Gasteiger partial charge in [-0.15, -0.1) is 10.2 Å². The van der Waals surface area contributed by atoms with Gasteiger partial charge in [0.1, 0.15) is 5.82 Å². The molecule has 0 aliphatic carbocycles. The van der Waals surface area contributed by atoms with Crippen LogP contribution in [0, 0.1) is 5.92 Å². The summed E-state index contributed by atoms with van der Waals surface area (Å²) in [6, 6.07) is 0. The van der Waals surface area contributed by atoms with Crippen molar-refractivity contribution in [3.8, 4) is 0 Å².